The average Bonchev–Trinajstić information content (AvgIpc) is 2.94. The number of rotatable bonds is 5. The highest BCUT2D eigenvalue weighted by Gasteiger charge is 2.34. The zero-order valence-electron chi connectivity index (χ0n) is 10.2. The minimum absolute atomic E-state index is 0.00389. The van der Waals surface area contributed by atoms with E-state index in [4.69, 9.17) is 4.74 Å². The fourth-order valence-corrected chi connectivity index (χ4v) is 2.77. The van der Waals surface area contributed by atoms with Crippen LogP contribution in [0.25, 0.3) is 0 Å². The molecule has 4 nitrogen and oxygen atoms in total. The maximum atomic E-state index is 11.9. The number of thiophene rings is 1. The second-order valence-corrected chi connectivity index (χ2v) is 4.93. The van der Waals surface area contributed by atoms with E-state index in [1.54, 1.807) is 11.3 Å². The second-order valence-electron chi connectivity index (χ2n) is 4.15. The molecule has 5 heteroatoms. The van der Waals surface area contributed by atoms with Crippen LogP contribution in [-0.2, 0) is 9.53 Å². The lowest BCUT2D eigenvalue weighted by atomic mass is 10.2. The summed E-state index contributed by atoms with van der Waals surface area (Å²) in [5.41, 5.74) is 1.16. The van der Waals surface area contributed by atoms with Crippen molar-refractivity contribution in [3.63, 3.8) is 0 Å². The summed E-state index contributed by atoms with van der Waals surface area (Å²) in [5.74, 6) is 0.147. The Balaban J connectivity index is 2.09. The van der Waals surface area contributed by atoms with Gasteiger partial charge in [0.05, 0.1) is 19.2 Å². The van der Waals surface area contributed by atoms with E-state index in [9.17, 15) is 4.79 Å². The van der Waals surface area contributed by atoms with Crippen molar-refractivity contribution >= 4 is 17.2 Å². The van der Waals surface area contributed by atoms with Gasteiger partial charge in [0, 0.05) is 6.61 Å². The smallest absolute Gasteiger partial charge is 0.238 e. The minimum atomic E-state index is 0.00389. The van der Waals surface area contributed by atoms with Gasteiger partial charge in [0.2, 0.25) is 5.91 Å². The predicted molar refractivity (Wildman–Crippen MR) is 67.9 cm³/mol. The molecule has 1 fully saturated rings. The molecule has 1 aromatic rings. The quantitative estimate of drug-likeness (QED) is 0.868. The maximum absolute atomic E-state index is 11.9. The zero-order chi connectivity index (χ0) is 12.3. The van der Waals surface area contributed by atoms with E-state index < -0.39 is 0 Å². The van der Waals surface area contributed by atoms with Gasteiger partial charge in [-0.15, -0.1) is 0 Å². The molecule has 0 aliphatic carbocycles. The lowest BCUT2D eigenvalue weighted by Gasteiger charge is -2.29. The summed E-state index contributed by atoms with van der Waals surface area (Å²) < 4.78 is 5.40. The van der Waals surface area contributed by atoms with Gasteiger partial charge in [0.1, 0.15) is 6.17 Å². The maximum Gasteiger partial charge on any atom is 0.238 e. The molecule has 2 rings (SSSR count). The Morgan fingerprint density at radius 1 is 1.71 bits per heavy atom. The molecule has 0 radical (unpaired) electrons. The van der Waals surface area contributed by atoms with Gasteiger partial charge >= 0.3 is 0 Å². The third-order valence-corrected chi connectivity index (χ3v) is 3.61. The first-order chi connectivity index (χ1) is 8.24. The monoisotopic (exact) mass is 254 g/mol. The van der Waals surface area contributed by atoms with Crippen LogP contribution in [0.4, 0.5) is 0 Å². The third kappa shape index (κ3) is 2.68. The molecule has 2 unspecified atom stereocenters. The van der Waals surface area contributed by atoms with Crippen molar-refractivity contribution < 1.29 is 9.53 Å². The molecule has 0 aromatic carbocycles. The van der Waals surface area contributed by atoms with E-state index in [0.717, 1.165) is 5.56 Å². The van der Waals surface area contributed by atoms with Crippen molar-refractivity contribution in [1.82, 2.24) is 10.2 Å². The summed E-state index contributed by atoms with van der Waals surface area (Å²) in [5, 5.41) is 7.36. The van der Waals surface area contributed by atoms with E-state index in [-0.39, 0.29) is 18.1 Å². The molecule has 1 aromatic heterocycles. The number of hydrogen-bond acceptors (Lipinski definition) is 4. The minimum Gasteiger partial charge on any atom is -0.380 e. The van der Waals surface area contributed by atoms with Gasteiger partial charge in [0.15, 0.2) is 0 Å². The van der Waals surface area contributed by atoms with Crippen LogP contribution in [0.3, 0.4) is 0 Å². The molecule has 1 amide bonds. The van der Waals surface area contributed by atoms with Crippen LogP contribution in [-0.4, -0.2) is 36.6 Å². The van der Waals surface area contributed by atoms with Gasteiger partial charge in [0.25, 0.3) is 0 Å². The fourth-order valence-electron chi connectivity index (χ4n) is 2.10. The van der Waals surface area contributed by atoms with Crippen molar-refractivity contribution in [2.45, 2.75) is 26.1 Å². The Bertz CT molecular complexity index is 367. The van der Waals surface area contributed by atoms with Crippen molar-refractivity contribution in [3.8, 4) is 0 Å². The fraction of sp³-hybridized carbons (Fsp3) is 0.583. The number of carbonyl (C=O) groups is 1. The summed E-state index contributed by atoms with van der Waals surface area (Å²) in [6, 6.07) is 2.16. The predicted octanol–water partition coefficient (Wildman–Crippen LogP) is 1.60. The zero-order valence-corrected chi connectivity index (χ0v) is 11.0. The van der Waals surface area contributed by atoms with Crippen molar-refractivity contribution in [1.29, 1.82) is 0 Å². The van der Waals surface area contributed by atoms with Gasteiger partial charge < -0.3 is 9.64 Å². The van der Waals surface area contributed by atoms with Gasteiger partial charge in [-0.1, -0.05) is 0 Å². The number of carbonyl (C=O) groups excluding carboxylic acids is 1. The second kappa shape index (κ2) is 5.62. The van der Waals surface area contributed by atoms with Crippen LogP contribution in [0, 0.1) is 0 Å². The number of hydrogen-bond donors (Lipinski definition) is 1. The highest BCUT2D eigenvalue weighted by atomic mass is 32.1. The van der Waals surface area contributed by atoms with E-state index in [0.29, 0.717) is 19.8 Å². The largest absolute Gasteiger partial charge is 0.380 e. The summed E-state index contributed by atoms with van der Waals surface area (Å²) in [7, 11) is 0. The lowest BCUT2D eigenvalue weighted by Crippen LogP contribution is -2.40. The number of nitrogens with zero attached hydrogens (tertiary/aromatic N) is 1. The number of ether oxygens (including phenoxy) is 1. The Kier molecular flexibility index (Phi) is 4.15. The highest BCUT2D eigenvalue weighted by Crippen LogP contribution is 2.26. The van der Waals surface area contributed by atoms with Crippen LogP contribution in [0.2, 0.25) is 0 Å². The van der Waals surface area contributed by atoms with Gasteiger partial charge in [-0.05, 0) is 36.2 Å². The van der Waals surface area contributed by atoms with E-state index >= 15 is 0 Å². The molecule has 0 saturated carbocycles. The van der Waals surface area contributed by atoms with E-state index in [1.165, 1.54) is 0 Å². The Morgan fingerprint density at radius 2 is 2.53 bits per heavy atom. The molecular formula is C12H18N2O2S. The van der Waals surface area contributed by atoms with Crippen molar-refractivity contribution in [2.75, 3.05) is 19.8 Å². The Morgan fingerprint density at radius 3 is 3.18 bits per heavy atom. The molecule has 0 bridgehead atoms. The van der Waals surface area contributed by atoms with Crippen LogP contribution < -0.4 is 5.32 Å². The van der Waals surface area contributed by atoms with Gasteiger partial charge in [-0.2, -0.15) is 11.3 Å². The van der Waals surface area contributed by atoms with Crippen molar-refractivity contribution in [3.05, 3.63) is 22.4 Å². The normalized spacial score (nSPS) is 22.1. The van der Waals surface area contributed by atoms with Gasteiger partial charge in [-0.25, -0.2) is 0 Å². The first-order valence-electron chi connectivity index (χ1n) is 5.88. The molecular weight excluding hydrogens is 236 g/mol. The van der Waals surface area contributed by atoms with Crippen molar-refractivity contribution in [2.24, 2.45) is 0 Å². The first kappa shape index (κ1) is 12.5. The van der Waals surface area contributed by atoms with Gasteiger partial charge in [-0.3, -0.25) is 10.1 Å². The van der Waals surface area contributed by atoms with E-state index in [2.05, 4.69) is 16.8 Å². The molecule has 2 atom stereocenters. The molecule has 1 saturated heterocycles. The summed E-state index contributed by atoms with van der Waals surface area (Å²) in [6.45, 7) is 5.68. The summed E-state index contributed by atoms with van der Waals surface area (Å²) in [6.07, 6.45) is 0.00389. The standard InChI is InChI=1S/C12H18N2O2S/c1-3-16-7-9(2)14-11(15)6-13-12(14)10-4-5-17-8-10/h4-5,8-9,12-13H,3,6-7H2,1-2H3. The van der Waals surface area contributed by atoms with Crippen LogP contribution in [0.1, 0.15) is 25.6 Å². The molecule has 17 heavy (non-hydrogen) atoms. The topological polar surface area (TPSA) is 41.6 Å². The van der Waals surface area contributed by atoms with Crippen LogP contribution in [0.5, 0.6) is 0 Å². The Labute approximate surface area is 106 Å². The molecule has 2 heterocycles. The summed E-state index contributed by atoms with van der Waals surface area (Å²) >= 11 is 1.65. The molecule has 1 aliphatic rings. The molecule has 94 valence electrons. The van der Waals surface area contributed by atoms with Crippen LogP contribution in [0.15, 0.2) is 16.8 Å². The third-order valence-electron chi connectivity index (χ3n) is 2.91. The lowest BCUT2D eigenvalue weighted by molar-refractivity contribution is -0.131. The van der Waals surface area contributed by atoms with E-state index in [1.807, 2.05) is 24.1 Å². The Hall–Kier alpha value is -0.910. The summed E-state index contributed by atoms with van der Waals surface area (Å²) in [4.78, 5) is 13.8. The molecule has 1 N–H and O–H groups in total. The highest BCUT2D eigenvalue weighted by molar-refractivity contribution is 7.07. The molecule has 0 spiro atoms. The average molecular weight is 254 g/mol. The van der Waals surface area contributed by atoms with Crippen LogP contribution >= 0.6 is 11.3 Å². The first-order valence-corrected chi connectivity index (χ1v) is 6.82. The number of nitrogens with one attached hydrogen (secondary N) is 1. The SMILES string of the molecule is CCOCC(C)N1C(=O)CNC1c1ccsc1. The molecule has 1 aliphatic heterocycles. The number of amides is 1.